The van der Waals surface area contributed by atoms with Crippen molar-refractivity contribution in [2.75, 3.05) is 13.2 Å². The van der Waals surface area contributed by atoms with Crippen LogP contribution in [-0.2, 0) is 19.7 Å². The summed E-state index contributed by atoms with van der Waals surface area (Å²) in [6.45, 7) is 0.480. The van der Waals surface area contributed by atoms with Gasteiger partial charge in [-0.1, -0.05) is 85.0 Å². The Morgan fingerprint density at radius 2 is 1.14 bits per heavy atom. The first-order valence-corrected chi connectivity index (χ1v) is 7.96. The molecule has 0 aliphatic carbocycles. The highest BCUT2D eigenvalue weighted by Crippen LogP contribution is 2.02. The molecule has 0 aliphatic heterocycles. The molecule has 0 heterocycles. The van der Waals surface area contributed by atoms with Gasteiger partial charge in [-0.3, -0.25) is 8.37 Å². The molecule has 114 valence electrons. The Bertz CT molecular complexity index is 566. The van der Waals surface area contributed by atoms with E-state index >= 15 is 0 Å². The molecule has 2 rings (SSSR count). The van der Waals surface area contributed by atoms with Crippen molar-refractivity contribution in [3.05, 3.63) is 83.9 Å². The predicted molar refractivity (Wildman–Crippen MR) is 91.0 cm³/mol. The van der Waals surface area contributed by atoms with Gasteiger partial charge < -0.3 is 0 Å². The fraction of sp³-hybridized carbons (Fsp3) is 0.111. The molecule has 2 aromatic carbocycles. The van der Waals surface area contributed by atoms with Crippen molar-refractivity contribution in [2.24, 2.45) is 0 Å². The second-order valence-corrected chi connectivity index (χ2v) is 5.28. The zero-order valence-corrected chi connectivity index (χ0v) is 12.9. The van der Waals surface area contributed by atoms with Crippen LogP contribution in [0, 0.1) is 0 Å². The van der Waals surface area contributed by atoms with Gasteiger partial charge in [-0.25, -0.2) is 0 Å². The van der Waals surface area contributed by atoms with Gasteiger partial charge in [0.1, 0.15) is 0 Å². The highest BCUT2D eigenvalue weighted by Gasteiger charge is 1.97. The molecule has 0 saturated carbocycles. The molecule has 0 saturated heterocycles. The van der Waals surface area contributed by atoms with Crippen molar-refractivity contribution in [2.45, 2.75) is 0 Å². The second-order valence-electron chi connectivity index (χ2n) is 4.40. The standard InChI is InChI=1S/C18H18O3S/c19-22(20-15-7-13-17-9-3-1-4-10-17)21-16-8-14-18-11-5-2-6-12-18/h1-14H,15-16H2/b13-7+,14-8+. The molecular weight excluding hydrogens is 296 g/mol. The van der Waals surface area contributed by atoms with Crippen LogP contribution in [0.1, 0.15) is 11.1 Å². The zero-order valence-electron chi connectivity index (χ0n) is 12.1. The Morgan fingerprint density at radius 3 is 1.55 bits per heavy atom. The molecule has 0 aromatic heterocycles. The van der Waals surface area contributed by atoms with Crippen molar-refractivity contribution >= 4 is 23.5 Å². The van der Waals surface area contributed by atoms with Crippen LogP contribution in [-0.4, -0.2) is 17.4 Å². The maximum Gasteiger partial charge on any atom is 0.305 e. The number of hydrogen-bond acceptors (Lipinski definition) is 3. The van der Waals surface area contributed by atoms with Crippen LogP contribution >= 0.6 is 0 Å². The fourth-order valence-corrected chi connectivity index (χ4v) is 2.17. The van der Waals surface area contributed by atoms with Crippen LogP contribution in [0.2, 0.25) is 0 Å². The van der Waals surface area contributed by atoms with E-state index in [2.05, 4.69) is 0 Å². The maximum absolute atomic E-state index is 11.5. The van der Waals surface area contributed by atoms with Crippen LogP contribution in [0.4, 0.5) is 0 Å². The van der Waals surface area contributed by atoms with Crippen molar-refractivity contribution in [3.8, 4) is 0 Å². The largest absolute Gasteiger partial charge is 0.305 e. The molecule has 0 amide bonds. The summed E-state index contributed by atoms with van der Waals surface area (Å²) >= 11 is -1.74. The van der Waals surface area contributed by atoms with E-state index in [-0.39, 0.29) is 13.2 Å². The Kier molecular flexibility index (Phi) is 7.32. The van der Waals surface area contributed by atoms with E-state index in [1.165, 1.54) is 0 Å². The van der Waals surface area contributed by atoms with Gasteiger partial charge in [0.25, 0.3) is 0 Å². The molecule has 0 aliphatic rings. The molecule has 0 bridgehead atoms. The minimum Gasteiger partial charge on any atom is -0.264 e. The van der Waals surface area contributed by atoms with Gasteiger partial charge >= 0.3 is 11.4 Å². The first-order chi connectivity index (χ1) is 10.8. The van der Waals surface area contributed by atoms with Crippen molar-refractivity contribution in [1.29, 1.82) is 0 Å². The van der Waals surface area contributed by atoms with Gasteiger partial charge in [0, 0.05) is 0 Å². The summed E-state index contributed by atoms with van der Waals surface area (Å²) in [5.41, 5.74) is 2.15. The van der Waals surface area contributed by atoms with Gasteiger partial charge in [-0.15, -0.1) is 0 Å². The highest BCUT2D eigenvalue weighted by molar-refractivity contribution is 7.75. The van der Waals surface area contributed by atoms with Crippen LogP contribution in [0.3, 0.4) is 0 Å². The first-order valence-electron chi connectivity index (χ1n) is 6.96. The summed E-state index contributed by atoms with van der Waals surface area (Å²) in [6.07, 6.45) is 7.42. The monoisotopic (exact) mass is 314 g/mol. The van der Waals surface area contributed by atoms with E-state index in [0.717, 1.165) is 11.1 Å². The minimum absolute atomic E-state index is 0.240. The number of rotatable bonds is 8. The summed E-state index contributed by atoms with van der Waals surface area (Å²) in [5, 5.41) is 0. The first kappa shape index (κ1) is 16.4. The molecule has 22 heavy (non-hydrogen) atoms. The van der Waals surface area contributed by atoms with Gasteiger partial charge in [0.15, 0.2) is 0 Å². The fourth-order valence-electron chi connectivity index (χ4n) is 1.72. The van der Waals surface area contributed by atoms with Gasteiger partial charge in [-0.2, -0.15) is 4.21 Å². The van der Waals surface area contributed by atoms with Crippen LogP contribution in [0.5, 0.6) is 0 Å². The Balaban J connectivity index is 1.62. The Labute approximate surface area is 133 Å². The smallest absolute Gasteiger partial charge is 0.264 e. The van der Waals surface area contributed by atoms with Gasteiger partial charge in [0.2, 0.25) is 0 Å². The highest BCUT2D eigenvalue weighted by atomic mass is 32.2. The summed E-state index contributed by atoms with van der Waals surface area (Å²) < 4.78 is 21.6. The second kappa shape index (κ2) is 9.84. The van der Waals surface area contributed by atoms with Crippen LogP contribution < -0.4 is 0 Å². The lowest BCUT2D eigenvalue weighted by atomic mass is 10.2. The third-order valence-corrected chi connectivity index (χ3v) is 3.40. The number of hydrogen-bond donors (Lipinski definition) is 0. The molecule has 2 aromatic rings. The van der Waals surface area contributed by atoms with Crippen molar-refractivity contribution in [3.63, 3.8) is 0 Å². The van der Waals surface area contributed by atoms with Crippen molar-refractivity contribution in [1.82, 2.24) is 0 Å². The lowest BCUT2D eigenvalue weighted by Gasteiger charge is -1.99. The average Bonchev–Trinajstić information content (AvgIpc) is 2.57. The summed E-state index contributed by atoms with van der Waals surface area (Å²) in [6, 6.07) is 19.7. The topological polar surface area (TPSA) is 35.5 Å². The maximum atomic E-state index is 11.5. The summed E-state index contributed by atoms with van der Waals surface area (Å²) in [4.78, 5) is 0. The average molecular weight is 314 g/mol. The van der Waals surface area contributed by atoms with E-state index in [0.29, 0.717) is 0 Å². The lowest BCUT2D eigenvalue weighted by Crippen LogP contribution is -2.02. The predicted octanol–water partition coefficient (Wildman–Crippen LogP) is 4.03. The third kappa shape index (κ3) is 6.63. The van der Waals surface area contributed by atoms with Crippen molar-refractivity contribution < 1.29 is 12.6 Å². The molecule has 0 radical (unpaired) electrons. The van der Waals surface area contributed by atoms with Gasteiger partial charge in [0.05, 0.1) is 13.2 Å². The summed E-state index contributed by atoms with van der Waals surface area (Å²) in [7, 11) is 0. The van der Waals surface area contributed by atoms with Gasteiger partial charge in [-0.05, 0) is 11.1 Å². The van der Waals surface area contributed by atoms with Crippen LogP contribution in [0.15, 0.2) is 72.8 Å². The lowest BCUT2D eigenvalue weighted by molar-refractivity contribution is 0.289. The normalized spacial score (nSPS) is 11.7. The van der Waals surface area contributed by atoms with E-state index in [9.17, 15) is 4.21 Å². The van der Waals surface area contributed by atoms with E-state index < -0.39 is 11.4 Å². The van der Waals surface area contributed by atoms with E-state index in [1.54, 1.807) is 12.2 Å². The SMILES string of the molecule is O=S(OC/C=C/c1ccccc1)OC/C=C/c1ccccc1. The van der Waals surface area contributed by atoms with Crippen LogP contribution in [0.25, 0.3) is 12.2 Å². The molecule has 0 N–H and O–H groups in total. The molecule has 4 heteroatoms. The Morgan fingerprint density at radius 1 is 0.727 bits per heavy atom. The Hall–Kier alpha value is -2.01. The molecule has 0 unspecified atom stereocenters. The zero-order chi connectivity index (χ0) is 15.5. The summed E-state index contributed by atoms with van der Waals surface area (Å²) in [5.74, 6) is 0. The third-order valence-electron chi connectivity index (χ3n) is 2.74. The quantitative estimate of drug-likeness (QED) is 0.738. The molecule has 0 atom stereocenters. The molecular formula is C18H18O3S. The number of benzene rings is 2. The van der Waals surface area contributed by atoms with E-state index in [1.807, 2.05) is 72.8 Å². The molecule has 0 spiro atoms. The molecule has 3 nitrogen and oxygen atoms in total. The van der Waals surface area contributed by atoms with E-state index in [4.69, 9.17) is 8.37 Å². The molecule has 0 fully saturated rings. The minimum atomic E-state index is -1.74.